The molecule has 6 nitrogen and oxygen atoms in total. The predicted molar refractivity (Wildman–Crippen MR) is 71.4 cm³/mol. The summed E-state index contributed by atoms with van der Waals surface area (Å²) in [6, 6.07) is 0. The first-order valence-corrected chi connectivity index (χ1v) is 10.4. The molecule has 0 radical (unpaired) electrons. The van der Waals surface area contributed by atoms with E-state index in [1.807, 2.05) is 0 Å². The molecule has 0 aliphatic heterocycles. The molecule has 0 heterocycles. The third kappa shape index (κ3) is 12.8. The minimum absolute atomic E-state index is 0.0118. The molecule has 0 spiro atoms. The van der Waals surface area contributed by atoms with Gasteiger partial charge in [0.15, 0.2) is 0 Å². The van der Waals surface area contributed by atoms with Crippen molar-refractivity contribution in [1.82, 2.24) is 0 Å². The topological polar surface area (TPSA) is 97.7 Å². The van der Waals surface area contributed by atoms with E-state index >= 15 is 0 Å². The fourth-order valence-electron chi connectivity index (χ4n) is 0.796. The van der Waals surface area contributed by atoms with Gasteiger partial charge in [0.1, 0.15) is 0 Å². The Kier molecular flexibility index (Phi) is 8.86. The monoisotopic (exact) mass is 324 g/mol. The molecule has 0 amide bonds. The molecule has 0 aromatic rings. The van der Waals surface area contributed by atoms with Gasteiger partial charge < -0.3 is 0 Å². The fourth-order valence-corrected chi connectivity index (χ4v) is 4.51. The van der Waals surface area contributed by atoms with E-state index in [-0.39, 0.29) is 11.5 Å². The van der Waals surface area contributed by atoms with E-state index in [4.69, 9.17) is 4.55 Å². The number of hydrogen-bond acceptors (Lipinski definition) is 7. The van der Waals surface area contributed by atoms with Crippen molar-refractivity contribution in [3.05, 3.63) is 0 Å². The van der Waals surface area contributed by atoms with Crippen molar-refractivity contribution in [2.45, 2.75) is 12.8 Å². The van der Waals surface area contributed by atoms with Gasteiger partial charge in [0.05, 0.1) is 18.6 Å². The van der Waals surface area contributed by atoms with Crippen molar-refractivity contribution in [2.24, 2.45) is 0 Å². The van der Waals surface area contributed by atoms with E-state index in [2.05, 4.69) is 4.18 Å². The Labute approximate surface area is 110 Å². The largest absolute Gasteiger partial charge is 0.286 e. The van der Waals surface area contributed by atoms with Crippen LogP contribution in [0.3, 0.4) is 0 Å². The summed E-state index contributed by atoms with van der Waals surface area (Å²) in [7, 11) is -3.17. The van der Waals surface area contributed by atoms with Gasteiger partial charge in [0, 0.05) is 11.5 Å². The Hall–Kier alpha value is 0.520. The van der Waals surface area contributed by atoms with Gasteiger partial charge >= 0.3 is 0 Å². The molecule has 0 rings (SSSR count). The van der Waals surface area contributed by atoms with Gasteiger partial charge in [-0.2, -0.15) is 16.8 Å². The summed E-state index contributed by atoms with van der Waals surface area (Å²) in [5.74, 6) is 1.00. The van der Waals surface area contributed by atoms with Crippen LogP contribution in [-0.2, 0) is 24.4 Å². The van der Waals surface area contributed by atoms with Gasteiger partial charge in [0.2, 0.25) is 0 Å². The summed E-state index contributed by atoms with van der Waals surface area (Å²) in [6.45, 7) is 0. The van der Waals surface area contributed by atoms with Gasteiger partial charge in [-0.15, -0.1) is 0 Å². The van der Waals surface area contributed by atoms with Crippen LogP contribution in [-0.4, -0.2) is 51.5 Å². The van der Waals surface area contributed by atoms with Gasteiger partial charge in [-0.3, -0.25) is 8.74 Å². The molecule has 0 bridgehead atoms. The van der Waals surface area contributed by atoms with E-state index in [9.17, 15) is 16.8 Å². The van der Waals surface area contributed by atoms with Crippen molar-refractivity contribution in [3.63, 3.8) is 0 Å². The second-order valence-electron chi connectivity index (χ2n) is 3.07. The highest BCUT2D eigenvalue weighted by Crippen LogP contribution is 2.23. The lowest BCUT2D eigenvalue weighted by Crippen LogP contribution is -2.08. The molecule has 0 aromatic heterocycles. The minimum Gasteiger partial charge on any atom is -0.286 e. The zero-order chi connectivity index (χ0) is 13.4. The first-order chi connectivity index (χ1) is 7.77. The Morgan fingerprint density at radius 1 is 1.00 bits per heavy atom. The van der Waals surface area contributed by atoms with Crippen molar-refractivity contribution in [2.75, 3.05) is 30.1 Å². The van der Waals surface area contributed by atoms with Gasteiger partial charge in [-0.05, 0) is 12.8 Å². The molecule has 1 N–H and O–H groups in total. The number of hydrogen-bond donors (Lipinski definition) is 1. The van der Waals surface area contributed by atoms with Crippen molar-refractivity contribution in [1.29, 1.82) is 0 Å². The molecule has 0 saturated carbocycles. The maximum Gasteiger partial charge on any atom is 0.267 e. The minimum atomic E-state index is -3.86. The van der Waals surface area contributed by atoms with E-state index in [0.717, 1.165) is 7.11 Å². The van der Waals surface area contributed by atoms with Crippen LogP contribution in [0, 0.1) is 0 Å². The van der Waals surface area contributed by atoms with Gasteiger partial charge in [-0.25, -0.2) is 0 Å². The molecule has 0 fully saturated rings. The van der Waals surface area contributed by atoms with E-state index in [1.54, 1.807) is 0 Å². The van der Waals surface area contributed by atoms with E-state index in [0.29, 0.717) is 24.3 Å². The molecule has 0 saturated heterocycles. The highest BCUT2D eigenvalue weighted by atomic mass is 33.1. The molecular formula is C7H16O6S4. The zero-order valence-electron chi connectivity index (χ0n) is 9.36. The van der Waals surface area contributed by atoms with Crippen LogP contribution in [0.1, 0.15) is 12.8 Å². The van der Waals surface area contributed by atoms with Gasteiger partial charge in [-0.1, -0.05) is 21.6 Å². The molecule has 0 unspecified atom stereocenters. The lowest BCUT2D eigenvalue weighted by molar-refractivity contribution is 0.397. The summed E-state index contributed by atoms with van der Waals surface area (Å²) in [4.78, 5) is 0. The van der Waals surface area contributed by atoms with E-state index in [1.165, 1.54) is 21.6 Å². The molecule has 10 heteroatoms. The first kappa shape index (κ1) is 17.5. The van der Waals surface area contributed by atoms with Crippen molar-refractivity contribution < 1.29 is 25.6 Å². The maximum atomic E-state index is 10.9. The molecule has 0 atom stereocenters. The Morgan fingerprint density at radius 3 is 1.88 bits per heavy atom. The third-order valence-electron chi connectivity index (χ3n) is 1.59. The quantitative estimate of drug-likeness (QED) is 0.275. The molecule has 17 heavy (non-hydrogen) atoms. The second kappa shape index (κ2) is 8.59. The smallest absolute Gasteiger partial charge is 0.267 e. The van der Waals surface area contributed by atoms with Crippen LogP contribution in [0.25, 0.3) is 0 Å². The lowest BCUT2D eigenvalue weighted by atomic mass is 10.6. The van der Waals surface area contributed by atoms with Crippen LogP contribution < -0.4 is 0 Å². The van der Waals surface area contributed by atoms with Crippen LogP contribution >= 0.6 is 21.6 Å². The summed E-state index contributed by atoms with van der Waals surface area (Å²) in [6.07, 6.45) is 0.874. The Balaban J connectivity index is 3.37. The normalized spacial score (nSPS) is 12.8. The molecule has 0 aliphatic rings. The van der Waals surface area contributed by atoms with Crippen molar-refractivity contribution >= 4 is 41.8 Å². The van der Waals surface area contributed by atoms with Crippen LogP contribution in [0.5, 0.6) is 0 Å². The second-order valence-corrected chi connectivity index (χ2v) is 9.20. The summed E-state index contributed by atoms with van der Waals surface area (Å²) in [5, 5.41) is 0. The third-order valence-corrected chi connectivity index (χ3v) is 6.27. The first-order valence-electron chi connectivity index (χ1n) is 4.75. The van der Waals surface area contributed by atoms with Crippen molar-refractivity contribution in [3.8, 4) is 0 Å². The fraction of sp³-hybridized carbons (Fsp3) is 1.00. The highest BCUT2D eigenvalue weighted by molar-refractivity contribution is 8.76. The predicted octanol–water partition coefficient (Wildman–Crippen LogP) is 1.01. The zero-order valence-corrected chi connectivity index (χ0v) is 12.6. The molecular weight excluding hydrogens is 308 g/mol. The maximum absolute atomic E-state index is 10.9. The average Bonchev–Trinajstić information content (AvgIpc) is 2.20. The lowest BCUT2D eigenvalue weighted by Gasteiger charge is -2.01. The molecule has 0 aromatic carbocycles. The Morgan fingerprint density at radius 2 is 1.47 bits per heavy atom. The van der Waals surface area contributed by atoms with Crippen LogP contribution in [0.4, 0.5) is 0 Å². The van der Waals surface area contributed by atoms with Gasteiger partial charge in [0.25, 0.3) is 20.2 Å². The van der Waals surface area contributed by atoms with Crippen LogP contribution in [0.2, 0.25) is 0 Å². The van der Waals surface area contributed by atoms with E-state index < -0.39 is 20.2 Å². The number of rotatable bonds is 10. The summed E-state index contributed by atoms with van der Waals surface area (Å²) < 4.78 is 55.3. The standard InChI is InChI=1S/C7H16O6S4/c1-13-17(11,12)7-3-5-15-14-4-2-6-16(8,9)10/h2-7H2,1H3,(H,8,9,10). The highest BCUT2D eigenvalue weighted by Gasteiger charge is 2.07. The molecule has 104 valence electrons. The summed E-state index contributed by atoms with van der Waals surface area (Å²) >= 11 is 0. The average molecular weight is 324 g/mol. The SMILES string of the molecule is COS(=O)(=O)CCCSSCCCS(=O)(=O)O. The Bertz CT molecular complexity index is 387. The van der Waals surface area contributed by atoms with Crippen LogP contribution in [0.15, 0.2) is 0 Å². The molecule has 0 aliphatic carbocycles. The summed E-state index contributed by atoms with van der Waals surface area (Å²) in [5.41, 5.74) is 0.